The van der Waals surface area contributed by atoms with Crippen LogP contribution in [-0.2, 0) is 4.79 Å². The number of aromatic nitrogens is 1. The van der Waals surface area contributed by atoms with Crippen molar-refractivity contribution >= 4 is 11.7 Å². The Morgan fingerprint density at radius 3 is 2.70 bits per heavy atom. The maximum Gasteiger partial charge on any atom is 0.220 e. The van der Waals surface area contributed by atoms with Crippen LogP contribution in [0.25, 0.3) is 0 Å². The maximum absolute atomic E-state index is 11.2. The number of piperidine rings is 1. The van der Waals surface area contributed by atoms with Gasteiger partial charge in [-0.3, -0.25) is 4.79 Å². The zero-order valence-electron chi connectivity index (χ0n) is 12.3. The molecule has 5 heteroatoms. The molecule has 1 atom stereocenters. The molecule has 2 rings (SSSR count). The number of hydrogen-bond donors (Lipinski definition) is 2. The van der Waals surface area contributed by atoms with E-state index in [9.17, 15) is 4.79 Å². The van der Waals surface area contributed by atoms with E-state index in [1.165, 1.54) is 5.56 Å². The van der Waals surface area contributed by atoms with E-state index in [0.29, 0.717) is 6.04 Å². The van der Waals surface area contributed by atoms with Crippen LogP contribution in [0.1, 0.15) is 38.3 Å². The van der Waals surface area contributed by atoms with Crippen LogP contribution < -0.4 is 16.0 Å². The molecule has 3 N–H and O–H groups in total. The summed E-state index contributed by atoms with van der Waals surface area (Å²) in [5, 5.41) is 3.37. The summed E-state index contributed by atoms with van der Waals surface area (Å²) in [6.45, 7) is 6.88. The second-order valence-corrected chi connectivity index (χ2v) is 5.39. The quantitative estimate of drug-likeness (QED) is 0.854. The van der Waals surface area contributed by atoms with Crippen LogP contribution in [0.15, 0.2) is 18.3 Å². The molecule has 5 nitrogen and oxygen atoms in total. The topological polar surface area (TPSA) is 71.2 Å². The molecule has 1 aromatic heterocycles. The predicted octanol–water partition coefficient (Wildman–Crippen LogP) is 1.45. The third-order valence-corrected chi connectivity index (χ3v) is 4.00. The minimum Gasteiger partial charge on any atom is -0.369 e. The third kappa shape index (κ3) is 3.48. The molecule has 1 aliphatic rings. The highest BCUT2D eigenvalue weighted by molar-refractivity contribution is 5.76. The second kappa shape index (κ2) is 6.70. The normalized spacial score (nSPS) is 18.0. The fourth-order valence-electron chi connectivity index (χ4n) is 2.66. The van der Waals surface area contributed by atoms with Gasteiger partial charge < -0.3 is 16.0 Å². The number of carbonyl (C=O) groups excluding carboxylic acids is 1. The van der Waals surface area contributed by atoms with Crippen molar-refractivity contribution in [1.29, 1.82) is 0 Å². The average molecular weight is 276 g/mol. The van der Waals surface area contributed by atoms with E-state index in [1.54, 1.807) is 0 Å². The molecule has 0 aliphatic carbocycles. The second-order valence-electron chi connectivity index (χ2n) is 5.39. The largest absolute Gasteiger partial charge is 0.369 e. The van der Waals surface area contributed by atoms with Gasteiger partial charge in [0.1, 0.15) is 5.82 Å². The lowest BCUT2D eigenvalue weighted by molar-refractivity contribution is -0.122. The Morgan fingerprint density at radius 2 is 2.20 bits per heavy atom. The van der Waals surface area contributed by atoms with Crippen molar-refractivity contribution < 1.29 is 4.79 Å². The van der Waals surface area contributed by atoms with Gasteiger partial charge in [0.25, 0.3) is 0 Å². The highest BCUT2D eigenvalue weighted by Crippen LogP contribution is 2.22. The van der Waals surface area contributed by atoms with Gasteiger partial charge >= 0.3 is 0 Å². The number of pyridine rings is 1. The van der Waals surface area contributed by atoms with Crippen molar-refractivity contribution in [2.24, 2.45) is 11.7 Å². The summed E-state index contributed by atoms with van der Waals surface area (Å²) in [6, 6.07) is 4.51. The minimum atomic E-state index is -0.174. The molecule has 1 aliphatic heterocycles. The number of primary amides is 1. The first-order chi connectivity index (χ1) is 9.61. The number of nitrogens with one attached hydrogen (secondary N) is 1. The van der Waals surface area contributed by atoms with Crippen LogP contribution in [0.2, 0.25) is 0 Å². The molecule has 1 saturated heterocycles. The summed E-state index contributed by atoms with van der Waals surface area (Å²) < 4.78 is 0. The lowest BCUT2D eigenvalue weighted by Crippen LogP contribution is -2.38. The molecule has 1 aromatic rings. The molecule has 1 unspecified atom stereocenters. The van der Waals surface area contributed by atoms with E-state index in [4.69, 9.17) is 5.73 Å². The van der Waals surface area contributed by atoms with Gasteiger partial charge in [-0.15, -0.1) is 0 Å². The van der Waals surface area contributed by atoms with Crippen molar-refractivity contribution in [1.82, 2.24) is 10.3 Å². The Kier molecular flexibility index (Phi) is 4.95. The van der Waals surface area contributed by atoms with E-state index in [2.05, 4.69) is 41.2 Å². The van der Waals surface area contributed by atoms with Gasteiger partial charge in [-0.25, -0.2) is 4.98 Å². The number of nitrogens with zero attached hydrogens (tertiary/aromatic N) is 2. The molecule has 0 saturated carbocycles. The van der Waals surface area contributed by atoms with Crippen LogP contribution in [0, 0.1) is 5.92 Å². The highest BCUT2D eigenvalue weighted by Gasteiger charge is 2.23. The van der Waals surface area contributed by atoms with Gasteiger partial charge in [0.2, 0.25) is 5.91 Å². The van der Waals surface area contributed by atoms with Gasteiger partial charge in [0.05, 0.1) is 0 Å². The first-order valence-corrected chi connectivity index (χ1v) is 7.35. The number of carbonyl (C=O) groups is 1. The lowest BCUT2D eigenvalue weighted by atomic mass is 9.96. The van der Waals surface area contributed by atoms with Gasteiger partial charge in [0.15, 0.2) is 0 Å². The Hall–Kier alpha value is -1.62. The molecule has 0 aromatic carbocycles. The van der Waals surface area contributed by atoms with Crippen molar-refractivity contribution in [2.45, 2.75) is 32.7 Å². The van der Waals surface area contributed by atoms with Crippen molar-refractivity contribution in [3.05, 3.63) is 23.9 Å². The third-order valence-electron chi connectivity index (χ3n) is 4.00. The molecule has 0 radical (unpaired) electrons. The van der Waals surface area contributed by atoms with Crippen LogP contribution in [0.5, 0.6) is 0 Å². The monoisotopic (exact) mass is 276 g/mol. The van der Waals surface area contributed by atoms with Gasteiger partial charge in [0, 0.05) is 31.2 Å². The molecule has 20 heavy (non-hydrogen) atoms. The first-order valence-electron chi connectivity index (χ1n) is 7.35. The van der Waals surface area contributed by atoms with Crippen molar-refractivity contribution in [3.8, 4) is 0 Å². The molecule has 2 heterocycles. The SMILES string of the molecule is CCNC(C)c1ccc(N2CCC(C(N)=O)CC2)nc1. The fraction of sp³-hybridized carbons (Fsp3) is 0.600. The molecular weight excluding hydrogens is 252 g/mol. The summed E-state index contributed by atoms with van der Waals surface area (Å²) in [5.41, 5.74) is 6.55. The average Bonchev–Trinajstić information content (AvgIpc) is 2.48. The smallest absolute Gasteiger partial charge is 0.220 e. The van der Waals surface area contributed by atoms with E-state index >= 15 is 0 Å². The molecule has 0 bridgehead atoms. The highest BCUT2D eigenvalue weighted by atomic mass is 16.1. The minimum absolute atomic E-state index is 0.0271. The van der Waals surface area contributed by atoms with Crippen LogP contribution >= 0.6 is 0 Å². The first kappa shape index (κ1) is 14.8. The van der Waals surface area contributed by atoms with Crippen LogP contribution in [0.3, 0.4) is 0 Å². The van der Waals surface area contributed by atoms with Gasteiger partial charge in [-0.2, -0.15) is 0 Å². The summed E-state index contributed by atoms with van der Waals surface area (Å²) in [5.74, 6) is 0.840. The van der Waals surface area contributed by atoms with Gasteiger partial charge in [-0.05, 0) is 37.9 Å². The fourth-order valence-corrected chi connectivity index (χ4v) is 2.66. The summed E-state index contributed by atoms with van der Waals surface area (Å²) in [4.78, 5) is 17.9. The Labute approximate surface area is 120 Å². The molecular formula is C15H24N4O. The lowest BCUT2D eigenvalue weighted by Gasteiger charge is -2.31. The van der Waals surface area contributed by atoms with Crippen LogP contribution in [-0.4, -0.2) is 30.5 Å². The Bertz CT molecular complexity index is 438. The van der Waals surface area contributed by atoms with E-state index < -0.39 is 0 Å². The summed E-state index contributed by atoms with van der Waals surface area (Å²) in [6.07, 6.45) is 3.59. The van der Waals surface area contributed by atoms with E-state index in [1.807, 2.05) is 6.20 Å². The number of nitrogens with two attached hydrogens (primary N) is 1. The van der Waals surface area contributed by atoms with Crippen molar-refractivity contribution in [2.75, 3.05) is 24.5 Å². The van der Waals surface area contributed by atoms with E-state index in [0.717, 1.165) is 38.3 Å². The van der Waals surface area contributed by atoms with E-state index in [-0.39, 0.29) is 11.8 Å². The predicted molar refractivity (Wildman–Crippen MR) is 80.5 cm³/mol. The number of anilines is 1. The standard InChI is InChI=1S/C15H24N4O/c1-3-17-11(2)13-4-5-14(18-10-13)19-8-6-12(7-9-19)15(16)20/h4-5,10-12,17H,3,6-9H2,1-2H3,(H2,16,20). The molecule has 1 amide bonds. The molecule has 110 valence electrons. The van der Waals surface area contributed by atoms with Gasteiger partial charge in [-0.1, -0.05) is 13.0 Å². The zero-order valence-corrected chi connectivity index (χ0v) is 12.3. The number of rotatable bonds is 5. The Morgan fingerprint density at radius 1 is 1.50 bits per heavy atom. The maximum atomic E-state index is 11.2. The summed E-state index contributed by atoms with van der Waals surface area (Å²) >= 11 is 0. The Balaban J connectivity index is 1.96. The molecule has 1 fully saturated rings. The number of amides is 1. The summed E-state index contributed by atoms with van der Waals surface area (Å²) in [7, 11) is 0. The zero-order chi connectivity index (χ0) is 14.5. The van der Waals surface area contributed by atoms with Crippen LogP contribution in [0.4, 0.5) is 5.82 Å². The molecule has 0 spiro atoms. The number of hydrogen-bond acceptors (Lipinski definition) is 4. The van der Waals surface area contributed by atoms with Crippen molar-refractivity contribution in [3.63, 3.8) is 0 Å².